The van der Waals surface area contributed by atoms with E-state index in [1.165, 1.54) is 4.31 Å². The van der Waals surface area contributed by atoms with Gasteiger partial charge in [0.1, 0.15) is 0 Å². The topological polar surface area (TPSA) is 58.4 Å². The van der Waals surface area contributed by atoms with Crippen LogP contribution in [-0.2, 0) is 23.8 Å². The SMILES string of the molecule is CC1CCCN(S(=O)(=O)N(C)Cc2cnn(C)c2)C1. The summed E-state index contributed by atoms with van der Waals surface area (Å²) in [5.41, 5.74) is 0.902. The van der Waals surface area contributed by atoms with E-state index in [0.717, 1.165) is 18.4 Å². The van der Waals surface area contributed by atoms with Crippen LogP contribution in [0.1, 0.15) is 25.3 Å². The van der Waals surface area contributed by atoms with Gasteiger partial charge in [0.05, 0.1) is 6.20 Å². The molecule has 0 aromatic carbocycles. The first kappa shape index (κ1) is 14.5. The molecule has 0 amide bonds. The van der Waals surface area contributed by atoms with Crippen molar-refractivity contribution in [3.8, 4) is 0 Å². The van der Waals surface area contributed by atoms with Crippen molar-refractivity contribution in [3.63, 3.8) is 0 Å². The minimum atomic E-state index is -3.35. The minimum absolute atomic E-state index is 0.362. The fraction of sp³-hybridized carbons (Fsp3) is 0.750. The lowest BCUT2D eigenvalue weighted by Crippen LogP contribution is -2.45. The fourth-order valence-electron chi connectivity index (χ4n) is 2.45. The Labute approximate surface area is 115 Å². The highest BCUT2D eigenvalue weighted by Crippen LogP contribution is 2.20. The summed E-state index contributed by atoms with van der Waals surface area (Å²) in [6, 6.07) is 0. The quantitative estimate of drug-likeness (QED) is 0.823. The highest BCUT2D eigenvalue weighted by Gasteiger charge is 2.30. The molecule has 0 spiro atoms. The number of rotatable bonds is 4. The van der Waals surface area contributed by atoms with Crippen LogP contribution in [0.5, 0.6) is 0 Å². The maximum absolute atomic E-state index is 12.5. The zero-order chi connectivity index (χ0) is 14.0. The monoisotopic (exact) mass is 286 g/mol. The van der Waals surface area contributed by atoms with Gasteiger partial charge in [0.15, 0.2) is 0 Å². The van der Waals surface area contributed by atoms with E-state index in [4.69, 9.17) is 0 Å². The molecule has 1 fully saturated rings. The molecule has 0 bridgehead atoms. The van der Waals surface area contributed by atoms with Gasteiger partial charge < -0.3 is 0 Å². The first-order valence-corrected chi connectivity index (χ1v) is 7.98. The molecule has 7 heteroatoms. The van der Waals surface area contributed by atoms with Crippen molar-refractivity contribution < 1.29 is 8.42 Å². The summed E-state index contributed by atoms with van der Waals surface area (Å²) in [6.07, 6.45) is 5.59. The molecule has 1 aliphatic rings. The van der Waals surface area contributed by atoms with Crippen molar-refractivity contribution in [2.75, 3.05) is 20.1 Å². The predicted molar refractivity (Wildman–Crippen MR) is 73.6 cm³/mol. The van der Waals surface area contributed by atoms with Crippen LogP contribution in [0.25, 0.3) is 0 Å². The molecule has 2 heterocycles. The highest BCUT2D eigenvalue weighted by atomic mass is 32.2. The van der Waals surface area contributed by atoms with Crippen LogP contribution in [0.3, 0.4) is 0 Å². The predicted octanol–water partition coefficient (Wildman–Crippen LogP) is 0.829. The van der Waals surface area contributed by atoms with Crippen molar-refractivity contribution >= 4 is 10.2 Å². The second-order valence-corrected chi connectivity index (χ2v) is 7.43. The number of hydrogen-bond acceptors (Lipinski definition) is 3. The molecule has 1 unspecified atom stereocenters. The zero-order valence-electron chi connectivity index (χ0n) is 11.8. The third kappa shape index (κ3) is 3.34. The molecule has 0 radical (unpaired) electrons. The highest BCUT2D eigenvalue weighted by molar-refractivity contribution is 7.86. The van der Waals surface area contributed by atoms with Crippen molar-refractivity contribution in [1.29, 1.82) is 0 Å². The van der Waals surface area contributed by atoms with E-state index < -0.39 is 10.2 Å². The Kier molecular flexibility index (Phi) is 4.27. The van der Waals surface area contributed by atoms with E-state index in [9.17, 15) is 8.42 Å². The van der Waals surface area contributed by atoms with Crippen LogP contribution in [-0.4, -0.2) is 46.9 Å². The standard InChI is InChI=1S/C12H22N4O2S/c1-11-5-4-6-16(8-11)19(17,18)15(3)10-12-7-13-14(2)9-12/h7,9,11H,4-6,8,10H2,1-3H3. The first-order chi connectivity index (χ1) is 8.89. The first-order valence-electron chi connectivity index (χ1n) is 6.58. The van der Waals surface area contributed by atoms with Crippen LogP contribution >= 0.6 is 0 Å². The second-order valence-electron chi connectivity index (χ2n) is 5.39. The van der Waals surface area contributed by atoms with Gasteiger partial charge in [0.25, 0.3) is 10.2 Å². The van der Waals surface area contributed by atoms with E-state index in [1.54, 1.807) is 22.2 Å². The van der Waals surface area contributed by atoms with Gasteiger partial charge in [-0.25, -0.2) is 0 Å². The Hall–Kier alpha value is -0.920. The number of aromatic nitrogens is 2. The molecule has 1 aliphatic heterocycles. The van der Waals surface area contributed by atoms with Gasteiger partial charge in [0.2, 0.25) is 0 Å². The summed E-state index contributed by atoms with van der Waals surface area (Å²) in [5.74, 6) is 0.440. The van der Waals surface area contributed by atoms with Crippen LogP contribution in [0.2, 0.25) is 0 Å². The fourth-order valence-corrected chi connectivity index (χ4v) is 3.95. The molecular weight excluding hydrogens is 264 g/mol. The largest absolute Gasteiger partial charge is 0.282 e. The van der Waals surface area contributed by atoms with Crippen molar-refractivity contribution in [1.82, 2.24) is 18.4 Å². The Morgan fingerprint density at radius 2 is 2.26 bits per heavy atom. The van der Waals surface area contributed by atoms with Gasteiger partial charge in [-0.3, -0.25) is 4.68 Å². The number of hydrogen-bond donors (Lipinski definition) is 0. The summed E-state index contributed by atoms with van der Waals surface area (Å²) >= 11 is 0. The molecule has 0 saturated carbocycles. The molecule has 1 aromatic heterocycles. The maximum Gasteiger partial charge on any atom is 0.282 e. The average Bonchev–Trinajstić information content (AvgIpc) is 2.74. The number of nitrogens with zero attached hydrogens (tertiary/aromatic N) is 4. The van der Waals surface area contributed by atoms with Crippen LogP contribution in [0.4, 0.5) is 0 Å². The average molecular weight is 286 g/mol. The van der Waals surface area contributed by atoms with Crippen LogP contribution in [0, 0.1) is 5.92 Å². The summed E-state index contributed by atoms with van der Waals surface area (Å²) in [4.78, 5) is 0. The van der Waals surface area contributed by atoms with Crippen LogP contribution in [0.15, 0.2) is 12.4 Å². The maximum atomic E-state index is 12.5. The Balaban J connectivity index is 2.06. The number of aryl methyl sites for hydroxylation is 1. The molecule has 0 aliphatic carbocycles. The van der Waals surface area contributed by atoms with Gasteiger partial charge in [-0.05, 0) is 18.8 Å². The van der Waals surface area contributed by atoms with E-state index >= 15 is 0 Å². The lowest BCUT2D eigenvalue weighted by molar-refractivity contribution is 0.263. The molecular formula is C12H22N4O2S. The van der Waals surface area contributed by atoms with E-state index in [1.807, 2.05) is 13.2 Å². The molecule has 19 heavy (non-hydrogen) atoms. The third-order valence-electron chi connectivity index (χ3n) is 3.50. The third-order valence-corrected chi connectivity index (χ3v) is 5.40. The van der Waals surface area contributed by atoms with Crippen molar-refractivity contribution in [2.24, 2.45) is 13.0 Å². The van der Waals surface area contributed by atoms with Crippen molar-refractivity contribution in [3.05, 3.63) is 18.0 Å². The molecule has 6 nitrogen and oxygen atoms in total. The Morgan fingerprint density at radius 1 is 1.53 bits per heavy atom. The van der Waals surface area contributed by atoms with Gasteiger partial charge in [-0.2, -0.15) is 22.1 Å². The van der Waals surface area contributed by atoms with Gasteiger partial charge >= 0.3 is 0 Å². The molecule has 0 N–H and O–H groups in total. The summed E-state index contributed by atoms with van der Waals surface area (Å²) in [6.45, 7) is 3.72. The van der Waals surface area contributed by atoms with E-state index in [-0.39, 0.29) is 0 Å². The summed E-state index contributed by atoms with van der Waals surface area (Å²) < 4.78 is 29.6. The van der Waals surface area contributed by atoms with Crippen molar-refractivity contribution in [2.45, 2.75) is 26.3 Å². The molecule has 1 atom stereocenters. The van der Waals surface area contributed by atoms with Gasteiger partial charge in [0, 0.05) is 45.5 Å². The lowest BCUT2D eigenvalue weighted by atomic mass is 10.0. The zero-order valence-corrected chi connectivity index (χ0v) is 12.6. The molecule has 1 saturated heterocycles. The van der Waals surface area contributed by atoms with Gasteiger partial charge in [-0.1, -0.05) is 6.92 Å². The summed E-state index contributed by atoms with van der Waals surface area (Å²) in [5, 5.41) is 4.06. The lowest BCUT2D eigenvalue weighted by Gasteiger charge is -2.32. The smallest absolute Gasteiger partial charge is 0.275 e. The van der Waals surface area contributed by atoms with Crippen LogP contribution < -0.4 is 0 Å². The van der Waals surface area contributed by atoms with Gasteiger partial charge in [-0.15, -0.1) is 0 Å². The summed E-state index contributed by atoms with van der Waals surface area (Å²) in [7, 11) is 0.0961. The Bertz CT molecular complexity index is 526. The van der Waals surface area contributed by atoms with E-state index in [0.29, 0.717) is 25.6 Å². The Morgan fingerprint density at radius 3 is 2.84 bits per heavy atom. The normalized spacial score (nSPS) is 22.0. The molecule has 2 rings (SSSR count). The second kappa shape index (κ2) is 5.60. The van der Waals surface area contributed by atoms with E-state index in [2.05, 4.69) is 12.0 Å². The molecule has 108 valence electrons. The number of piperidine rings is 1. The minimum Gasteiger partial charge on any atom is -0.275 e. The molecule has 1 aromatic rings.